The van der Waals surface area contributed by atoms with Gasteiger partial charge in [0.15, 0.2) is 0 Å². The third-order valence-electron chi connectivity index (χ3n) is 3.52. The third-order valence-corrected chi connectivity index (χ3v) is 3.52. The lowest BCUT2D eigenvalue weighted by molar-refractivity contribution is -0.116. The second kappa shape index (κ2) is 8.99. The van der Waals surface area contributed by atoms with Gasteiger partial charge in [-0.15, -0.1) is 0 Å². The van der Waals surface area contributed by atoms with Crippen molar-refractivity contribution in [2.75, 3.05) is 25.5 Å². The van der Waals surface area contributed by atoms with Crippen LogP contribution in [-0.2, 0) is 4.79 Å². The van der Waals surface area contributed by atoms with Gasteiger partial charge in [-0.2, -0.15) is 0 Å². The number of anilines is 1. The fraction of sp³-hybridized carbons (Fsp3) is 0.300. The molecule has 0 saturated carbocycles. The van der Waals surface area contributed by atoms with Crippen molar-refractivity contribution in [1.82, 2.24) is 4.90 Å². The van der Waals surface area contributed by atoms with E-state index in [1.807, 2.05) is 13.8 Å². The molecule has 0 bridgehead atoms. The molecule has 5 nitrogen and oxygen atoms in total. The quantitative estimate of drug-likeness (QED) is 0.823. The van der Waals surface area contributed by atoms with E-state index in [0.29, 0.717) is 29.5 Å². The van der Waals surface area contributed by atoms with E-state index in [1.165, 1.54) is 29.2 Å². The van der Waals surface area contributed by atoms with E-state index >= 15 is 0 Å². The number of halogens is 1. The zero-order chi connectivity index (χ0) is 19.1. The van der Waals surface area contributed by atoms with Gasteiger partial charge >= 0.3 is 0 Å². The number of nitrogens with zero attached hydrogens (tertiary/aromatic N) is 1. The van der Waals surface area contributed by atoms with Crippen LogP contribution in [0.3, 0.4) is 0 Å². The molecule has 2 aromatic rings. The van der Waals surface area contributed by atoms with E-state index in [-0.39, 0.29) is 24.2 Å². The second-order valence-electron chi connectivity index (χ2n) is 6.45. The topological polar surface area (TPSA) is 58.6 Å². The Hall–Kier alpha value is -2.89. The van der Waals surface area contributed by atoms with E-state index in [1.54, 1.807) is 31.3 Å². The number of amides is 2. The maximum Gasteiger partial charge on any atom is 0.254 e. The number of nitrogens with one attached hydrogen (secondary N) is 1. The Morgan fingerprint density at radius 3 is 2.50 bits per heavy atom. The fourth-order valence-corrected chi connectivity index (χ4v) is 2.22. The highest BCUT2D eigenvalue weighted by Crippen LogP contribution is 2.16. The summed E-state index contributed by atoms with van der Waals surface area (Å²) in [5.74, 6) is -0.0234. The van der Waals surface area contributed by atoms with Crippen molar-refractivity contribution in [2.45, 2.75) is 13.8 Å². The molecule has 0 aliphatic heterocycles. The van der Waals surface area contributed by atoms with Gasteiger partial charge in [0.2, 0.25) is 5.91 Å². The molecular weight excluding hydrogens is 335 g/mol. The number of hydrogen-bond acceptors (Lipinski definition) is 3. The van der Waals surface area contributed by atoms with Gasteiger partial charge in [-0.1, -0.05) is 19.9 Å². The van der Waals surface area contributed by atoms with Crippen molar-refractivity contribution in [3.8, 4) is 5.75 Å². The molecule has 0 atom stereocenters. The first kappa shape index (κ1) is 19.4. The van der Waals surface area contributed by atoms with Crippen LogP contribution in [0.15, 0.2) is 48.5 Å². The van der Waals surface area contributed by atoms with Gasteiger partial charge in [0.1, 0.15) is 11.6 Å². The minimum absolute atomic E-state index is 0.118. The molecule has 2 rings (SSSR count). The summed E-state index contributed by atoms with van der Waals surface area (Å²) in [4.78, 5) is 25.9. The third kappa shape index (κ3) is 5.88. The molecule has 1 N–H and O–H groups in total. The van der Waals surface area contributed by atoms with E-state index in [2.05, 4.69) is 5.32 Å². The molecule has 2 amide bonds. The Bertz CT molecular complexity index is 760. The second-order valence-corrected chi connectivity index (χ2v) is 6.45. The standard InChI is InChI=1S/C20H23FN2O3/c1-14(2)13-26-18-6-4-5-15(11-18)20(25)23(3)12-19(24)22-17-9-7-16(21)8-10-17/h4-11,14H,12-13H2,1-3H3,(H,22,24). The molecule has 0 radical (unpaired) electrons. The fourth-order valence-electron chi connectivity index (χ4n) is 2.22. The Kier molecular flexibility index (Phi) is 6.72. The molecule has 0 unspecified atom stereocenters. The van der Waals surface area contributed by atoms with Crippen LogP contribution in [0.5, 0.6) is 5.75 Å². The summed E-state index contributed by atoms with van der Waals surface area (Å²) in [5.41, 5.74) is 0.921. The number of hydrogen-bond donors (Lipinski definition) is 1. The van der Waals surface area contributed by atoms with Crippen molar-refractivity contribution in [3.05, 3.63) is 59.9 Å². The molecule has 26 heavy (non-hydrogen) atoms. The highest BCUT2D eigenvalue weighted by Gasteiger charge is 2.16. The first-order valence-corrected chi connectivity index (χ1v) is 8.39. The summed E-state index contributed by atoms with van der Waals surface area (Å²) < 4.78 is 18.5. The van der Waals surface area contributed by atoms with Crippen LogP contribution < -0.4 is 10.1 Å². The summed E-state index contributed by atoms with van der Waals surface area (Å²) >= 11 is 0. The number of carbonyl (C=O) groups excluding carboxylic acids is 2. The van der Waals surface area contributed by atoms with Crippen molar-refractivity contribution >= 4 is 17.5 Å². The van der Waals surface area contributed by atoms with Crippen LogP contribution in [0.1, 0.15) is 24.2 Å². The largest absolute Gasteiger partial charge is 0.493 e. The average Bonchev–Trinajstić information content (AvgIpc) is 2.61. The number of rotatable bonds is 7. The highest BCUT2D eigenvalue weighted by molar-refractivity contribution is 5.99. The van der Waals surface area contributed by atoms with Crippen molar-refractivity contribution in [1.29, 1.82) is 0 Å². The average molecular weight is 358 g/mol. The zero-order valence-corrected chi connectivity index (χ0v) is 15.2. The minimum atomic E-state index is -0.380. The first-order valence-electron chi connectivity index (χ1n) is 8.39. The summed E-state index contributed by atoms with van der Waals surface area (Å²) in [6.45, 7) is 4.53. The van der Waals surface area contributed by atoms with Crippen LogP contribution in [0.2, 0.25) is 0 Å². The maximum absolute atomic E-state index is 12.9. The van der Waals surface area contributed by atoms with Crippen LogP contribution >= 0.6 is 0 Å². The van der Waals surface area contributed by atoms with E-state index in [4.69, 9.17) is 4.74 Å². The van der Waals surface area contributed by atoms with Gasteiger partial charge in [-0.25, -0.2) is 4.39 Å². The molecule has 0 fully saturated rings. The zero-order valence-electron chi connectivity index (χ0n) is 15.2. The normalized spacial score (nSPS) is 10.5. The molecule has 138 valence electrons. The van der Waals surface area contributed by atoms with Crippen LogP contribution in [0.25, 0.3) is 0 Å². The predicted molar refractivity (Wildman–Crippen MR) is 98.8 cm³/mol. The molecule has 0 spiro atoms. The Balaban J connectivity index is 1.94. The smallest absolute Gasteiger partial charge is 0.254 e. The van der Waals surface area contributed by atoms with Gasteiger partial charge in [-0.05, 0) is 48.4 Å². The molecule has 6 heteroatoms. The number of ether oxygens (including phenoxy) is 1. The van der Waals surface area contributed by atoms with Crippen LogP contribution in [0.4, 0.5) is 10.1 Å². The summed E-state index contributed by atoms with van der Waals surface area (Å²) in [5, 5.41) is 2.63. The van der Waals surface area contributed by atoms with E-state index in [0.717, 1.165) is 0 Å². The van der Waals surface area contributed by atoms with Crippen LogP contribution in [0, 0.1) is 11.7 Å². The summed E-state index contributed by atoms with van der Waals surface area (Å²) in [6.07, 6.45) is 0. The lowest BCUT2D eigenvalue weighted by Crippen LogP contribution is -2.34. The molecule has 2 aromatic carbocycles. The molecule has 0 heterocycles. The van der Waals surface area contributed by atoms with Crippen molar-refractivity contribution in [3.63, 3.8) is 0 Å². The molecular formula is C20H23FN2O3. The minimum Gasteiger partial charge on any atom is -0.493 e. The first-order chi connectivity index (χ1) is 12.3. The van der Waals surface area contributed by atoms with Gasteiger partial charge in [0.25, 0.3) is 5.91 Å². The molecule has 0 aromatic heterocycles. The monoisotopic (exact) mass is 358 g/mol. The summed E-state index contributed by atoms with van der Waals surface area (Å²) in [6, 6.07) is 12.3. The molecule has 0 aliphatic rings. The number of benzene rings is 2. The Morgan fingerprint density at radius 2 is 1.85 bits per heavy atom. The van der Waals surface area contributed by atoms with Gasteiger partial charge in [0.05, 0.1) is 13.2 Å². The number of carbonyl (C=O) groups is 2. The van der Waals surface area contributed by atoms with Gasteiger partial charge in [0, 0.05) is 18.3 Å². The summed E-state index contributed by atoms with van der Waals surface area (Å²) in [7, 11) is 1.55. The predicted octanol–water partition coefficient (Wildman–Crippen LogP) is 3.57. The number of likely N-dealkylation sites (N-methyl/N-ethyl adjacent to an activating group) is 1. The van der Waals surface area contributed by atoms with Crippen molar-refractivity contribution < 1.29 is 18.7 Å². The SMILES string of the molecule is CC(C)COc1cccc(C(=O)N(C)CC(=O)Nc2ccc(F)cc2)c1. The van der Waals surface area contributed by atoms with Gasteiger partial charge in [-0.3, -0.25) is 9.59 Å². The lowest BCUT2D eigenvalue weighted by atomic mass is 10.2. The molecule has 0 saturated heterocycles. The molecule has 0 aliphatic carbocycles. The van der Waals surface area contributed by atoms with E-state index < -0.39 is 0 Å². The van der Waals surface area contributed by atoms with E-state index in [9.17, 15) is 14.0 Å². The maximum atomic E-state index is 12.9. The highest BCUT2D eigenvalue weighted by atomic mass is 19.1. The Morgan fingerprint density at radius 1 is 1.15 bits per heavy atom. The van der Waals surface area contributed by atoms with Crippen LogP contribution in [-0.4, -0.2) is 36.9 Å². The van der Waals surface area contributed by atoms with Crippen molar-refractivity contribution in [2.24, 2.45) is 5.92 Å². The van der Waals surface area contributed by atoms with Gasteiger partial charge < -0.3 is 15.0 Å². The Labute approximate surface area is 152 Å². The lowest BCUT2D eigenvalue weighted by Gasteiger charge is -2.17.